The fraction of sp³-hybridized carbons (Fsp3) is 0.667. The molecule has 0 aromatic carbocycles. The number of nitrogens with zero attached hydrogens (tertiary/aromatic N) is 3. The van der Waals surface area contributed by atoms with Gasteiger partial charge in [0.2, 0.25) is 0 Å². The van der Waals surface area contributed by atoms with Crippen molar-refractivity contribution in [1.29, 1.82) is 0 Å². The Kier molecular flexibility index (Phi) is 4.10. The molecular weight excluding hydrogens is 200 g/mol. The van der Waals surface area contributed by atoms with Crippen molar-refractivity contribution >= 4 is 11.6 Å². The van der Waals surface area contributed by atoms with Crippen LogP contribution in [-0.2, 0) is 6.42 Å². The van der Waals surface area contributed by atoms with E-state index in [0.29, 0.717) is 17.8 Å². The minimum atomic E-state index is 0.430. The van der Waals surface area contributed by atoms with E-state index in [1.165, 1.54) is 6.33 Å². The maximum absolute atomic E-state index is 5.87. The molecule has 1 aromatic rings. The molecule has 4 nitrogen and oxygen atoms in total. The molecule has 4 heteroatoms. The molecule has 0 saturated heterocycles. The van der Waals surface area contributed by atoms with Crippen LogP contribution in [0.5, 0.6) is 0 Å². The van der Waals surface area contributed by atoms with E-state index in [9.17, 15) is 0 Å². The number of hydrogen-bond donors (Lipinski definition) is 1. The second kappa shape index (κ2) is 5.14. The van der Waals surface area contributed by atoms with Crippen molar-refractivity contribution < 1.29 is 0 Å². The Bertz CT molecular complexity index is 349. The molecule has 0 spiro atoms. The molecule has 1 rings (SSSR count). The van der Waals surface area contributed by atoms with Crippen molar-refractivity contribution in [2.75, 3.05) is 17.7 Å². The first-order valence-corrected chi connectivity index (χ1v) is 5.81. The van der Waals surface area contributed by atoms with Gasteiger partial charge in [-0.05, 0) is 19.3 Å². The number of aromatic nitrogens is 2. The zero-order valence-corrected chi connectivity index (χ0v) is 10.9. The van der Waals surface area contributed by atoms with Gasteiger partial charge in [-0.1, -0.05) is 20.8 Å². The number of anilines is 2. The fourth-order valence-electron chi connectivity index (χ4n) is 1.70. The van der Waals surface area contributed by atoms with Crippen LogP contribution in [-0.4, -0.2) is 23.1 Å². The van der Waals surface area contributed by atoms with Crippen molar-refractivity contribution in [1.82, 2.24) is 9.97 Å². The Labute approximate surface area is 97.9 Å². The number of nitrogen functional groups attached to an aromatic ring is 1. The lowest BCUT2D eigenvalue weighted by molar-refractivity contribution is 0.501. The molecule has 1 heterocycles. The molecule has 1 aromatic heterocycles. The molecule has 0 aliphatic carbocycles. The van der Waals surface area contributed by atoms with Gasteiger partial charge in [0.15, 0.2) is 0 Å². The second-order valence-electron chi connectivity index (χ2n) is 4.51. The highest BCUT2D eigenvalue weighted by atomic mass is 15.2. The van der Waals surface area contributed by atoms with E-state index >= 15 is 0 Å². The first-order chi connectivity index (χ1) is 7.49. The summed E-state index contributed by atoms with van der Waals surface area (Å²) in [6.45, 7) is 8.68. The summed E-state index contributed by atoms with van der Waals surface area (Å²) in [5.41, 5.74) is 6.91. The summed E-state index contributed by atoms with van der Waals surface area (Å²) < 4.78 is 0. The zero-order chi connectivity index (χ0) is 12.3. The monoisotopic (exact) mass is 222 g/mol. The summed E-state index contributed by atoms with van der Waals surface area (Å²) in [6.07, 6.45) is 2.39. The highest BCUT2D eigenvalue weighted by Gasteiger charge is 2.18. The predicted molar refractivity (Wildman–Crippen MR) is 68.5 cm³/mol. The molecule has 0 radical (unpaired) electrons. The molecule has 0 amide bonds. The van der Waals surface area contributed by atoms with E-state index < -0.39 is 0 Å². The molecule has 2 N–H and O–H groups in total. The van der Waals surface area contributed by atoms with E-state index in [4.69, 9.17) is 5.73 Å². The van der Waals surface area contributed by atoms with Crippen LogP contribution in [0.2, 0.25) is 0 Å². The summed E-state index contributed by atoms with van der Waals surface area (Å²) in [6, 6.07) is 0.430. The lowest BCUT2D eigenvalue weighted by Crippen LogP contribution is -2.34. The number of hydrogen-bond acceptors (Lipinski definition) is 4. The first kappa shape index (κ1) is 12.7. The predicted octanol–water partition coefficient (Wildman–Crippen LogP) is 2.10. The van der Waals surface area contributed by atoms with E-state index in [1.807, 2.05) is 0 Å². The van der Waals surface area contributed by atoms with Crippen LogP contribution >= 0.6 is 0 Å². The highest BCUT2D eigenvalue weighted by Crippen LogP contribution is 2.24. The Morgan fingerprint density at radius 1 is 1.31 bits per heavy atom. The molecule has 16 heavy (non-hydrogen) atoms. The number of rotatable bonds is 4. The fourth-order valence-corrected chi connectivity index (χ4v) is 1.70. The average Bonchev–Trinajstić information content (AvgIpc) is 2.26. The first-order valence-electron chi connectivity index (χ1n) is 5.81. The van der Waals surface area contributed by atoms with Crippen molar-refractivity contribution in [3.8, 4) is 0 Å². The Balaban J connectivity index is 3.08. The van der Waals surface area contributed by atoms with Gasteiger partial charge >= 0.3 is 0 Å². The van der Waals surface area contributed by atoms with Crippen LogP contribution < -0.4 is 10.6 Å². The molecular formula is C12H22N4. The summed E-state index contributed by atoms with van der Waals surface area (Å²) in [5.74, 6) is 2.12. The van der Waals surface area contributed by atoms with E-state index in [0.717, 1.165) is 17.8 Å². The minimum Gasteiger partial charge on any atom is -0.383 e. The Morgan fingerprint density at radius 2 is 1.94 bits per heavy atom. The maximum atomic E-state index is 5.87. The van der Waals surface area contributed by atoms with Crippen LogP contribution in [0.3, 0.4) is 0 Å². The van der Waals surface area contributed by atoms with Crippen LogP contribution in [0.25, 0.3) is 0 Å². The van der Waals surface area contributed by atoms with Crippen molar-refractivity contribution in [2.45, 2.75) is 40.2 Å². The van der Waals surface area contributed by atoms with Crippen LogP contribution in [0.15, 0.2) is 6.33 Å². The third kappa shape index (κ3) is 2.43. The lowest BCUT2D eigenvalue weighted by Gasteiger charge is -2.30. The standard InChI is InChI=1S/C12H22N4/c1-6-10-11(13)14-7-15-12(10)16(5)9(4)8(2)3/h7-9H,6H2,1-5H3,(H2,13,14,15). The summed E-state index contributed by atoms with van der Waals surface area (Å²) >= 11 is 0. The number of nitrogens with two attached hydrogens (primary N) is 1. The lowest BCUT2D eigenvalue weighted by atomic mass is 10.0. The van der Waals surface area contributed by atoms with Gasteiger partial charge in [0.1, 0.15) is 18.0 Å². The highest BCUT2D eigenvalue weighted by molar-refractivity contribution is 5.56. The van der Waals surface area contributed by atoms with Gasteiger partial charge < -0.3 is 10.6 Å². The molecule has 1 atom stereocenters. The van der Waals surface area contributed by atoms with Crippen molar-refractivity contribution in [3.63, 3.8) is 0 Å². The molecule has 0 aliphatic rings. The van der Waals surface area contributed by atoms with Gasteiger partial charge in [-0.2, -0.15) is 0 Å². The molecule has 1 unspecified atom stereocenters. The van der Waals surface area contributed by atoms with Gasteiger partial charge in [0.05, 0.1) is 0 Å². The van der Waals surface area contributed by atoms with Gasteiger partial charge in [0, 0.05) is 18.7 Å². The zero-order valence-electron chi connectivity index (χ0n) is 10.9. The Hall–Kier alpha value is -1.32. The van der Waals surface area contributed by atoms with Gasteiger partial charge in [-0.25, -0.2) is 9.97 Å². The maximum Gasteiger partial charge on any atom is 0.137 e. The molecule has 0 fully saturated rings. The molecule has 0 bridgehead atoms. The van der Waals surface area contributed by atoms with E-state index in [-0.39, 0.29) is 0 Å². The van der Waals surface area contributed by atoms with Gasteiger partial charge in [-0.3, -0.25) is 0 Å². The van der Waals surface area contributed by atoms with Gasteiger partial charge in [0.25, 0.3) is 0 Å². The van der Waals surface area contributed by atoms with Crippen molar-refractivity contribution in [2.24, 2.45) is 5.92 Å². The molecule has 90 valence electrons. The SMILES string of the molecule is CCc1c(N)ncnc1N(C)C(C)C(C)C. The topological polar surface area (TPSA) is 55.0 Å². The molecule has 0 saturated carbocycles. The third-order valence-corrected chi connectivity index (χ3v) is 3.22. The van der Waals surface area contributed by atoms with E-state index in [1.54, 1.807) is 0 Å². The normalized spacial score (nSPS) is 12.9. The Morgan fingerprint density at radius 3 is 2.44 bits per heavy atom. The van der Waals surface area contributed by atoms with E-state index in [2.05, 4.69) is 49.6 Å². The third-order valence-electron chi connectivity index (χ3n) is 3.22. The molecule has 0 aliphatic heterocycles. The summed E-state index contributed by atoms with van der Waals surface area (Å²) in [4.78, 5) is 10.6. The summed E-state index contributed by atoms with van der Waals surface area (Å²) in [7, 11) is 2.06. The minimum absolute atomic E-state index is 0.430. The smallest absolute Gasteiger partial charge is 0.137 e. The van der Waals surface area contributed by atoms with Crippen LogP contribution in [0, 0.1) is 5.92 Å². The van der Waals surface area contributed by atoms with Crippen molar-refractivity contribution in [3.05, 3.63) is 11.9 Å². The quantitative estimate of drug-likeness (QED) is 0.847. The van der Waals surface area contributed by atoms with Gasteiger partial charge in [-0.15, -0.1) is 0 Å². The largest absolute Gasteiger partial charge is 0.383 e. The summed E-state index contributed by atoms with van der Waals surface area (Å²) in [5, 5.41) is 0. The average molecular weight is 222 g/mol. The van der Waals surface area contributed by atoms with Crippen LogP contribution in [0.1, 0.15) is 33.3 Å². The second-order valence-corrected chi connectivity index (χ2v) is 4.51. The van der Waals surface area contributed by atoms with Crippen LogP contribution in [0.4, 0.5) is 11.6 Å².